The van der Waals surface area contributed by atoms with E-state index in [2.05, 4.69) is 314 Å². The first-order valence-electron chi connectivity index (χ1n) is 35.0. The van der Waals surface area contributed by atoms with Crippen LogP contribution in [0.3, 0.4) is 0 Å². The molecule has 9 aliphatic carbocycles. The molecule has 0 N–H and O–H groups in total. The molecule has 0 radical (unpaired) electrons. The van der Waals surface area contributed by atoms with E-state index in [9.17, 15) is 0 Å². The predicted octanol–water partition coefficient (Wildman–Crippen LogP) is 16.5. The van der Waals surface area contributed by atoms with E-state index in [1.807, 2.05) is 0 Å². The maximum atomic E-state index is 2.73. The monoisotopic (exact) mass is 1210 g/mol. The molecular weight excluding hydrogens is 1150 g/mol. The van der Waals surface area contributed by atoms with Crippen LogP contribution in [0.4, 0.5) is 17.1 Å². The molecular formula is C93H57B2N. The summed E-state index contributed by atoms with van der Waals surface area (Å²) in [5, 5.41) is 0. The minimum atomic E-state index is -0.0717. The van der Waals surface area contributed by atoms with Gasteiger partial charge in [0.1, 0.15) is 0 Å². The zero-order valence-electron chi connectivity index (χ0n) is 52.5. The third kappa shape index (κ3) is 5.35. The molecule has 0 fully saturated rings. The van der Waals surface area contributed by atoms with E-state index >= 15 is 0 Å². The van der Waals surface area contributed by atoms with Crippen LogP contribution in [0, 0.1) is 0 Å². The first-order chi connectivity index (χ1) is 47.7. The Kier molecular flexibility index (Phi) is 8.99. The summed E-state index contributed by atoms with van der Waals surface area (Å²) in [5.74, 6) is 1.94. The summed E-state index contributed by atoms with van der Waals surface area (Å²) in [6, 6.07) is 122. The number of anilines is 3. The van der Waals surface area contributed by atoms with Gasteiger partial charge in [-0.2, -0.15) is 0 Å². The zero-order valence-corrected chi connectivity index (χ0v) is 52.5. The van der Waals surface area contributed by atoms with Crippen molar-refractivity contribution >= 4 is 63.3 Å². The molecule has 14 aromatic carbocycles. The lowest BCUT2D eigenvalue weighted by Crippen LogP contribution is -2.65. The van der Waals surface area contributed by atoms with Gasteiger partial charge in [0.05, 0.1) is 0 Å². The molecule has 14 aromatic rings. The Hall–Kier alpha value is -11.0. The summed E-state index contributed by atoms with van der Waals surface area (Å²) >= 11 is 0. The molecule has 2 heterocycles. The first kappa shape index (κ1) is 50.5. The lowest BCUT2D eigenvalue weighted by molar-refractivity contribution is 0.333. The maximum absolute atomic E-state index is 2.73. The molecule has 9 unspecified atom stereocenters. The summed E-state index contributed by atoms with van der Waals surface area (Å²) < 4.78 is 0. The van der Waals surface area contributed by atoms with Crippen molar-refractivity contribution < 1.29 is 0 Å². The Morgan fingerprint density at radius 3 is 1.00 bits per heavy atom. The fraction of sp³-hybridized carbons (Fsp3) is 0.0968. The summed E-state index contributed by atoms with van der Waals surface area (Å²) in [7, 11) is 0. The van der Waals surface area contributed by atoms with Gasteiger partial charge in [-0.1, -0.05) is 308 Å². The molecule has 0 aromatic heterocycles. The van der Waals surface area contributed by atoms with Crippen LogP contribution < -0.4 is 37.7 Å². The van der Waals surface area contributed by atoms with Crippen molar-refractivity contribution in [2.45, 2.75) is 51.8 Å². The predicted molar refractivity (Wildman–Crippen MR) is 392 cm³/mol. The van der Waals surface area contributed by atoms with Crippen molar-refractivity contribution in [3.8, 4) is 33.4 Å². The van der Waals surface area contributed by atoms with Gasteiger partial charge in [0.15, 0.2) is 0 Å². The third-order valence-electron chi connectivity index (χ3n) is 26.6. The van der Waals surface area contributed by atoms with Crippen molar-refractivity contribution in [3.05, 3.63) is 410 Å². The van der Waals surface area contributed by atoms with Gasteiger partial charge in [-0.05, 0) is 168 Å². The molecule has 11 aliphatic rings. The maximum Gasteiger partial charge on any atom is 0.246 e. The second kappa shape index (κ2) is 17.1. The van der Waals surface area contributed by atoms with Crippen LogP contribution in [-0.4, -0.2) is 13.4 Å². The van der Waals surface area contributed by atoms with E-state index in [1.54, 1.807) is 0 Å². The van der Waals surface area contributed by atoms with Crippen LogP contribution in [0.2, 0.25) is 0 Å². The van der Waals surface area contributed by atoms with Gasteiger partial charge in [0.25, 0.3) is 0 Å². The summed E-state index contributed by atoms with van der Waals surface area (Å²) in [6.45, 7) is -0.142. The highest BCUT2D eigenvalue weighted by Gasteiger charge is 2.72. The standard InChI is InChI=1S/C93H57B2N/c1-3-22-55(23-4-1)94-75-48-52(57-34-19-37-68-81(57)89-67-33-14-18-41-72(67)91(89)69-38-15-13-32-66(69)86(68)91)44-46-79(75)96-80-47-45-53(58-35-20-42-73-82(58)87-62-28-9-7-26-60(62)84-64-30-11-16-39-70(64)92(73,84)87)49-76(80)95(56-24-5-2-6-25-56)78-51-54(50-77(94)90(78)96)59-36-21-43-74-83(59)88-63-29-10-8-27-61(63)85-65-31-12-17-40-71(65)93(74,85)88/h1-51,84-89H. The fourth-order valence-electron chi connectivity index (χ4n) is 23.7. The second-order valence-corrected chi connectivity index (χ2v) is 29.7. The highest BCUT2D eigenvalue weighted by molar-refractivity contribution is 7.02. The number of rotatable bonds is 5. The minimum Gasteiger partial charge on any atom is -0.313 e. The third-order valence-corrected chi connectivity index (χ3v) is 26.6. The van der Waals surface area contributed by atoms with E-state index < -0.39 is 0 Å². The molecule has 3 spiro atoms. The van der Waals surface area contributed by atoms with Gasteiger partial charge in [-0.3, -0.25) is 0 Å². The Morgan fingerprint density at radius 2 is 0.542 bits per heavy atom. The molecule has 0 amide bonds. The Morgan fingerprint density at radius 1 is 0.229 bits per heavy atom. The van der Waals surface area contributed by atoms with Crippen molar-refractivity contribution in [3.63, 3.8) is 0 Å². The molecule has 3 heteroatoms. The van der Waals surface area contributed by atoms with Crippen molar-refractivity contribution in [2.75, 3.05) is 4.90 Å². The highest BCUT2D eigenvalue weighted by atomic mass is 15.2. The van der Waals surface area contributed by atoms with Gasteiger partial charge in [-0.15, -0.1) is 0 Å². The van der Waals surface area contributed by atoms with E-state index in [0.717, 1.165) is 0 Å². The van der Waals surface area contributed by atoms with E-state index in [1.165, 1.54) is 183 Å². The van der Waals surface area contributed by atoms with E-state index in [0.29, 0.717) is 29.6 Å². The summed E-state index contributed by atoms with van der Waals surface area (Å²) in [4.78, 5) is 2.73. The van der Waals surface area contributed by atoms with Gasteiger partial charge < -0.3 is 4.90 Å². The lowest BCUT2D eigenvalue weighted by Gasteiger charge is -2.59. The van der Waals surface area contributed by atoms with Crippen LogP contribution >= 0.6 is 0 Å². The number of benzene rings is 14. The molecule has 0 bridgehead atoms. The van der Waals surface area contributed by atoms with Crippen molar-refractivity contribution in [1.82, 2.24) is 0 Å². The summed E-state index contributed by atoms with van der Waals surface area (Å²) in [6.07, 6.45) is 0. The number of nitrogens with zero attached hydrogens (tertiary/aromatic N) is 1. The average molecular weight is 1210 g/mol. The van der Waals surface area contributed by atoms with Crippen LogP contribution in [0.25, 0.3) is 33.4 Å². The number of hydrogen-bond donors (Lipinski definition) is 0. The molecule has 9 atom stereocenters. The zero-order chi connectivity index (χ0) is 61.8. The Labute approximate surface area is 559 Å². The fourth-order valence-corrected chi connectivity index (χ4v) is 23.7. The Balaban J connectivity index is 0.744. The van der Waals surface area contributed by atoms with Crippen LogP contribution in [0.15, 0.2) is 309 Å². The molecule has 440 valence electrons. The highest BCUT2D eigenvalue weighted by Crippen LogP contribution is 2.81. The van der Waals surface area contributed by atoms with Gasteiger partial charge in [0.2, 0.25) is 13.4 Å². The molecule has 2 aliphatic heterocycles. The number of hydrogen-bond acceptors (Lipinski definition) is 1. The van der Waals surface area contributed by atoms with Crippen LogP contribution in [0.1, 0.15) is 136 Å². The van der Waals surface area contributed by atoms with E-state index in [4.69, 9.17) is 0 Å². The normalized spacial score (nSPS) is 24.3. The summed E-state index contributed by atoms with van der Waals surface area (Å²) in [5.41, 5.74) is 46.8. The van der Waals surface area contributed by atoms with Gasteiger partial charge in [-0.25, -0.2) is 0 Å². The lowest BCUT2D eigenvalue weighted by atomic mass is 9.30. The first-order valence-corrected chi connectivity index (χ1v) is 35.0. The minimum absolute atomic E-state index is 0.0273. The molecule has 1 nitrogen and oxygen atoms in total. The van der Waals surface area contributed by atoms with E-state index in [-0.39, 0.29) is 35.6 Å². The molecule has 0 saturated carbocycles. The SMILES string of the molecule is c1ccc(B2c3cc(-c4cccc5c4C4c6ccccc6C46c4ccccc4C56)ccc3N3c4ccc(-c5cccc6c5C5c7ccccc7C7c8ccccc8C675)cc4B(c4ccccc4)c4cc(-c5cccc6c5C5c7ccccc7C7c8ccccc8C675)cc2c43)cc1. The average Bonchev–Trinajstić information content (AvgIpc) is 1.45. The van der Waals surface area contributed by atoms with Crippen molar-refractivity contribution in [2.24, 2.45) is 0 Å². The largest absolute Gasteiger partial charge is 0.313 e. The molecule has 0 saturated heterocycles. The Bertz CT molecular complexity index is 5950. The molecule has 96 heavy (non-hydrogen) atoms. The van der Waals surface area contributed by atoms with Gasteiger partial charge in [0, 0.05) is 68.8 Å². The van der Waals surface area contributed by atoms with Crippen molar-refractivity contribution in [1.29, 1.82) is 0 Å². The number of fused-ring (bicyclic) bond motifs is 25. The van der Waals surface area contributed by atoms with Gasteiger partial charge >= 0.3 is 0 Å². The second-order valence-electron chi connectivity index (χ2n) is 29.7. The topological polar surface area (TPSA) is 3.24 Å². The van der Waals surface area contributed by atoms with Crippen LogP contribution in [-0.2, 0) is 16.2 Å². The molecule has 25 rings (SSSR count). The van der Waals surface area contributed by atoms with Crippen LogP contribution in [0.5, 0.6) is 0 Å². The smallest absolute Gasteiger partial charge is 0.246 e. The quantitative estimate of drug-likeness (QED) is 0.155.